The predicted octanol–water partition coefficient (Wildman–Crippen LogP) is 2.70. The maximum absolute atomic E-state index is 13.6. The molecule has 1 saturated heterocycles. The molecule has 6 nitrogen and oxygen atoms in total. The van der Waals surface area contributed by atoms with Crippen LogP contribution in [-0.2, 0) is 0 Å². The van der Waals surface area contributed by atoms with E-state index in [0.29, 0.717) is 37.6 Å². The maximum atomic E-state index is 13.6. The van der Waals surface area contributed by atoms with Crippen molar-refractivity contribution in [2.45, 2.75) is 13.8 Å². The van der Waals surface area contributed by atoms with E-state index in [1.54, 1.807) is 25.1 Å². The molecule has 0 saturated carbocycles. The summed E-state index contributed by atoms with van der Waals surface area (Å²) in [6, 6.07) is 6.35. The summed E-state index contributed by atoms with van der Waals surface area (Å²) in [5.41, 5.74) is 2.55. The Morgan fingerprint density at radius 3 is 2.42 bits per heavy atom. The molecule has 1 aromatic heterocycles. The number of carbonyl (C=O) groups is 1. The fourth-order valence-corrected chi connectivity index (χ4v) is 3.07. The lowest BCUT2D eigenvalue weighted by atomic mass is 10.1. The Morgan fingerprint density at radius 2 is 1.81 bits per heavy atom. The van der Waals surface area contributed by atoms with Gasteiger partial charge in [0, 0.05) is 57.1 Å². The number of aryl methyl sites for hydroxylation is 1. The third-order valence-electron chi connectivity index (χ3n) is 4.68. The summed E-state index contributed by atoms with van der Waals surface area (Å²) in [5, 5.41) is 0. The van der Waals surface area contributed by atoms with Crippen molar-refractivity contribution in [3.63, 3.8) is 0 Å². The molecule has 26 heavy (non-hydrogen) atoms. The summed E-state index contributed by atoms with van der Waals surface area (Å²) in [4.78, 5) is 27.0. The third-order valence-corrected chi connectivity index (χ3v) is 4.68. The van der Waals surface area contributed by atoms with Crippen LogP contribution in [0.3, 0.4) is 0 Å². The topological polar surface area (TPSA) is 52.6 Å². The largest absolute Gasteiger partial charge is 0.353 e. The highest BCUT2D eigenvalue weighted by Crippen LogP contribution is 2.25. The number of urea groups is 1. The number of hydrogen-bond donors (Lipinski definition) is 0. The van der Waals surface area contributed by atoms with Crippen LogP contribution in [0.25, 0.3) is 11.4 Å². The number of anilines is 1. The van der Waals surface area contributed by atoms with Gasteiger partial charge in [-0.05, 0) is 26.0 Å². The van der Waals surface area contributed by atoms with Crippen molar-refractivity contribution in [2.24, 2.45) is 0 Å². The van der Waals surface area contributed by atoms with Crippen LogP contribution in [0.15, 0.2) is 24.3 Å². The first-order valence-electron chi connectivity index (χ1n) is 8.69. The second-order valence-electron chi connectivity index (χ2n) is 6.74. The van der Waals surface area contributed by atoms with Crippen LogP contribution in [0.1, 0.15) is 11.3 Å². The number of amides is 2. The second kappa shape index (κ2) is 7.27. The molecule has 0 radical (unpaired) electrons. The Labute approximate surface area is 153 Å². The minimum absolute atomic E-state index is 0.0284. The van der Waals surface area contributed by atoms with Gasteiger partial charge in [-0.3, -0.25) is 0 Å². The van der Waals surface area contributed by atoms with E-state index in [1.165, 1.54) is 12.1 Å². The summed E-state index contributed by atoms with van der Waals surface area (Å²) < 4.78 is 13.6. The lowest BCUT2D eigenvalue weighted by Crippen LogP contribution is -2.51. The minimum atomic E-state index is -0.304. The highest BCUT2D eigenvalue weighted by atomic mass is 19.1. The molecular weight excluding hydrogens is 333 g/mol. The summed E-state index contributed by atoms with van der Waals surface area (Å²) in [7, 11) is 3.52. The molecular formula is C19H24FN5O. The molecule has 7 heteroatoms. The number of piperazine rings is 1. The molecule has 0 spiro atoms. The Morgan fingerprint density at radius 1 is 1.12 bits per heavy atom. The SMILES string of the molecule is Cc1nc(-c2cccc(F)c2)nc(N2CCN(C(=O)N(C)C)CC2)c1C. The number of hydrogen-bond acceptors (Lipinski definition) is 4. The highest BCUT2D eigenvalue weighted by molar-refractivity contribution is 5.74. The number of nitrogens with zero attached hydrogens (tertiary/aromatic N) is 5. The van der Waals surface area contributed by atoms with Gasteiger partial charge in [-0.1, -0.05) is 12.1 Å². The van der Waals surface area contributed by atoms with Gasteiger partial charge in [0.15, 0.2) is 5.82 Å². The lowest BCUT2D eigenvalue weighted by Gasteiger charge is -2.37. The minimum Gasteiger partial charge on any atom is -0.353 e. The molecule has 0 unspecified atom stereocenters. The van der Waals surface area contributed by atoms with Crippen molar-refractivity contribution >= 4 is 11.8 Å². The van der Waals surface area contributed by atoms with Crippen LogP contribution < -0.4 is 4.90 Å². The van der Waals surface area contributed by atoms with Gasteiger partial charge in [0.05, 0.1) is 0 Å². The quantitative estimate of drug-likeness (QED) is 0.829. The van der Waals surface area contributed by atoms with Crippen molar-refractivity contribution in [2.75, 3.05) is 45.2 Å². The van der Waals surface area contributed by atoms with Crippen LogP contribution in [0, 0.1) is 19.7 Å². The lowest BCUT2D eigenvalue weighted by molar-refractivity contribution is 0.168. The summed E-state index contributed by atoms with van der Waals surface area (Å²) in [5.74, 6) is 1.07. The van der Waals surface area contributed by atoms with E-state index < -0.39 is 0 Å². The molecule has 1 aliphatic rings. The van der Waals surface area contributed by atoms with E-state index in [1.807, 2.05) is 24.8 Å². The molecule has 0 aliphatic carbocycles. The van der Waals surface area contributed by atoms with Gasteiger partial charge in [0.25, 0.3) is 0 Å². The zero-order chi connectivity index (χ0) is 18.8. The molecule has 3 rings (SSSR count). The molecule has 1 aromatic carbocycles. The van der Waals surface area contributed by atoms with Gasteiger partial charge in [-0.25, -0.2) is 19.2 Å². The number of benzene rings is 1. The summed E-state index contributed by atoms with van der Waals surface area (Å²) in [6.45, 7) is 6.65. The van der Waals surface area contributed by atoms with Gasteiger partial charge in [0.2, 0.25) is 0 Å². The van der Waals surface area contributed by atoms with Crippen molar-refractivity contribution in [3.05, 3.63) is 41.3 Å². The van der Waals surface area contributed by atoms with Gasteiger partial charge in [0.1, 0.15) is 11.6 Å². The second-order valence-corrected chi connectivity index (χ2v) is 6.74. The smallest absolute Gasteiger partial charge is 0.319 e. The molecule has 0 atom stereocenters. The average molecular weight is 357 g/mol. The molecule has 1 fully saturated rings. The fraction of sp³-hybridized carbons (Fsp3) is 0.421. The first kappa shape index (κ1) is 18.1. The van der Waals surface area contributed by atoms with Crippen LogP contribution >= 0.6 is 0 Å². The first-order chi connectivity index (χ1) is 12.4. The molecule has 138 valence electrons. The summed E-state index contributed by atoms with van der Waals surface area (Å²) in [6.07, 6.45) is 0. The fourth-order valence-electron chi connectivity index (χ4n) is 3.07. The Kier molecular flexibility index (Phi) is 5.06. The van der Waals surface area contributed by atoms with E-state index in [2.05, 4.69) is 9.88 Å². The first-order valence-corrected chi connectivity index (χ1v) is 8.69. The third kappa shape index (κ3) is 3.61. The molecule has 0 bridgehead atoms. The van der Waals surface area contributed by atoms with Gasteiger partial charge in [-0.15, -0.1) is 0 Å². The summed E-state index contributed by atoms with van der Waals surface area (Å²) >= 11 is 0. The molecule has 1 aliphatic heterocycles. The highest BCUT2D eigenvalue weighted by Gasteiger charge is 2.24. The van der Waals surface area contributed by atoms with Crippen molar-refractivity contribution in [1.29, 1.82) is 0 Å². The number of aromatic nitrogens is 2. The molecule has 2 heterocycles. The van der Waals surface area contributed by atoms with Gasteiger partial charge >= 0.3 is 6.03 Å². The van der Waals surface area contributed by atoms with E-state index in [-0.39, 0.29) is 11.8 Å². The zero-order valence-corrected chi connectivity index (χ0v) is 15.7. The normalized spacial score (nSPS) is 14.5. The predicted molar refractivity (Wildman–Crippen MR) is 99.8 cm³/mol. The maximum Gasteiger partial charge on any atom is 0.319 e. The van der Waals surface area contributed by atoms with Crippen LogP contribution in [0.2, 0.25) is 0 Å². The van der Waals surface area contributed by atoms with E-state index >= 15 is 0 Å². The van der Waals surface area contributed by atoms with Crippen LogP contribution in [-0.4, -0.2) is 66.1 Å². The standard InChI is InChI=1S/C19H24FN5O/c1-13-14(2)21-17(15-6-5-7-16(20)12-15)22-18(13)24-8-10-25(11-9-24)19(26)23(3)4/h5-7,12H,8-11H2,1-4H3. The Hall–Kier alpha value is -2.70. The van der Waals surface area contributed by atoms with E-state index in [4.69, 9.17) is 4.98 Å². The average Bonchev–Trinajstić information content (AvgIpc) is 2.63. The van der Waals surface area contributed by atoms with Crippen molar-refractivity contribution in [1.82, 2.24) is 19.8 Å². The Bertz CT molecular complexity index is 816. The number of halogens is 1. The van der Waals surface area contributed by atoms with Crippen LogP contribution in [0.5, 0.6) is 0 Å². The van der Waals surface area contributed by atoms with E-state index in [0.717, 1.165) is 17.1 Å². The molecule has 2 amide bonds. The monoisotopic (exact) mass is 357 g/mol. The van der Waals surface area contributed by atoms with Crippen molar-refractivity contribution < 1.29 is 9.18 Å². The van der Waals surface area contributed by atoms with Gasteiger partial charge in [-0.2, -0.15) is 0 Å². The molecule has 2 aromatic rings. The van der Waals surface area contributed by atoms with Crippen molar-refractivity contribution in [3.8, 4) is 11.4 Å². The number of carbonyl (C=O) groups excluding carboxylic acids is 1. The molecule has 0 N–H and O–H groups in total. The van der Waals surface area contributed by atoms with Gasteiger partial charge < -0.3 is 14.7 Å². The van der Waals surface area contributed by atoms with E-state index in [9.17, 15) is 9.18 Å². The Balaban J connectivity index is 1.86. The zero-order valence-electron chi connectivity index (χ0n) is 15.7. The number of rotatable bonds is 2. The van der Waals surface area contributed by atoms with Crippen LogP contribution in [0.4, 0.5) is 15.0 Å².